The first kappa shape index (κ1) is 12.8. The van der Waals surface area contributed by atoms with Gasteiger partial charge in [-0.15, -0.1) is 11.6 Å². The van der Waals surface area contributed by atoms with Crippen molar-refractivity contribution in [1.29, 1.82) is 0 Å². The number of nitrogens with zero attached hydrogens (tertiary/aromatic N) is 1. The predicted molar refractivity (Wildman–Crippen MR) is 63.4 cm³/mol. The van der Waals surface area contributed by atoms with Crippen LogP contribution >= 0.6 is 11.6 Å². The maximum absolute atomic E-state index is 10.9. The third-order valence-electron chi connectivity index (χ3n) is 2.12. The Morgan fingerprint density at radius 3 is 2.69 bits per heavy atom. The van der Waals surface area contributed by atoms with Crippen molar-refractivity contribution in [1.82, 2.24) is 0 Å². The summed E-state index contributed by atoms with van der Waals surface area (Å²) in [4.78, 5) is 10.4. The molecule has 0 heterocycles. The van der Waals surface area contributed by atoms with Gasteiger partial charge in [-0.2, -0.15) is 0 Å². The summed E-state index contributed by atoms with van der Waals surface area (Å²) < 4.78 is 5.40. The lowest BCUT2D eigenvalue weighted by Gasteiger charge is -2.09. The second-order valence-electron chi connectivity index (χ2n) is 3.58. The summed E-state index contributed by atoms with van der Waals surface area (Å²) in [6.07, 6.45) is 0.673. The van der Waals surface area contributed by atoms with Crippen LogP contribution in [0.5, 0.6) is 5.75 Å². The molecule has 0 aliphatic rings. The third kappa shape index (κ3) is 3.10. The summed E-state index contributed by atoms with van der Waals surface area (Å²) in [5, 5.41) is 10.9. The summed E-state index contributed by atoms with van der Waals surface area (Å²) >= 11 is 5.52. The zero-order valence-corrected chi connectivity index (χ0v) is 10.1. The van der Waals surface area contributed by atoms with Crippen molar-refractivity contribution in [3.63, 3.8) is 0 Å². The van der Waals surface area contributed by atoms with Crippen LogP contribution in [-0.2, 0) is 0 Å². The van der Waals surface area contributed by atoms with Crippen LogP contribution in [-0.4, -0.2) is 17.4 Å². The third-order valence-corrected chi connectivity index (χ3v) is 2.39. The minimum atomic E-state index is -0.421. The highest BCUT2D eigenvalue weighted by Crippen LogP contribution is 2.32. The quantitative estimate of drug-likeness (QED) is 0.345. The molecule has 0 radical (unpaired) electrons. The molecule has 0 spiro atoms. The van der Waals surface area contributed by atoms with Gasteiger partial charge in [0.2, 0.25) is 0 Å². The van der Waals surface area contributed by atoms with E-state index in [1.54, 1.807) is 6.92 Å². The van der Waals surface area contributed by atoms with Crippen LogP contribution in [0.15, 0.2) is 12.1 Å². The molecule has 0 atom stereocenters. The number of hydrogen-bond acceptors (Lipinski definition) is 3. The second-order valence-corrected chi connectivity index (χ2v) is 3.96. The van der Waals surface area contributed by atoms with Gasteiger partial charge in [0.1, 0.15) is 0 Å². The molecule has 0 saturated carbocycles. The molecule has 1 aromatic carbocycles. The lowest BCUT2D eigenvalue weighted by Crippen LogP contribution is -2.03. The van der Waals surface area contributed by atoms with Gasteiger partial charge in [-0.3, -0.25) is 10.1 Å². The molecule has 0 saturated heterocycles. The van der Waals surface area contributed by atoms with E-state index in [9.17, 15) is 10.1 Å². The largest absolute Gasteiger partial charge is 0.487 e. The monoisotopic (exact) mass is 243 g/mol. The van der Waals surface area contributed by atoms with Gasteiger partial charge in [0, 0.05) is 11.9 Å². The van der Waals surface area contributed by atoms with E-state index in [1.807, 2.05) is 13.0 Å². The number of halogens is 1. The zero-order chi connectivity index (χ0) is 12.1. The Kier molecular flexibility index (Phi) is 4.55. The normalized spacial score (nSPS) is 10.2. The average Bonchev–Trinajstić information content (AvgIpc) is 2.20. The van der Waals surface area contributed by atoms with E-state index in [-0.39, 0.29) is 5.69 Å². The van der Waals surface area contributed by atoms with Gasteiger partial charge in [-0.25, -0.2) is 0 Å². The van der Waals surface area contributed by atoms with Crippen LogP contribution in [0.25, 0.3) is 0 Å². The minimum absolute atomic E-state index is 0.0204. The Hall–Kier alpha value is -1.29. The van der Waals surface area contributed by atoms with E-state index >= 15 is 0 Å². The van der Waals surface area contributed by atoms with Crippen molar-refractivity contribution >= 4 is 17.3 Å². The van der Waals surface area contributed by atoms with Crippen molar-refractivity contribution in [2.75, 3.05) is 12.5 Å². The van der Waals surface area contributed by atoms with Gasteiger partial charge in [0.05, 0.1) is 11.5 Å². The molecule has 4 nitrogen and oxygen atoms in total. The molecule has 0 aliphatic carbocycles. The highest BCUT2D eigenvalue weighted by Gasteiger charge is 2.18. The van der Waals surface area contributed by atoms with E-state index < -0.39 is 4.92 Å². The molecule has 0 amide bonds. The highest BCUT2D eigenvalue weighted by atomic mass is 35.5. The average molecular weight is 244 g/mol. The number of nitro benzene ring substituents is 1. The fourth-order valence-corrected chi connectivity index (χ4v) is 1.59. The fraction of sp³-hybridized carbons (Fsp3) is 0.455. The first-order chi connectivity index (χ1) is 7.56. The number of rotatable bonds is 5. The van der Waals surface area contributed by atoms with E-state index in [2.05, 4.69) is 0 Å². The summed E-state index contributed by atoms with van der Waals surface area (Å²) in [5.74, 6) is 0.833. The maximum atomic E-state index is 10.9. The van der Waals surface area contributed by atoms with Gasteiger partial charge in [0.15, 0.2) is 5.75 Å². The van der Waals surface area contributed by atoms with Crippen molar-refractivity contribution in [3.8, 4) is 5.75 Å². The number of aryl methyl sites for hydroxylation is 2. The number of alkyl halides is 1. The molecule has 1 rings (SSSR count). The molecule has 0 bridgehead atoms. The minimum Gasteiger partial charge on any atom is -0.487 e. The fourth-order valence-electron chi connectivity index (χ4n) is 1.48. The topological polar surface area (TPSA) is 52.4 Å². The van der Waals surface area contributed by atoms with Gasteiger partial charge in [0.25, 0.3) is 0 Å². The lowest BCUT2D eigenvalue weighted by molar-refractivity contribution is -0.386. The Morgan fingerprint density at radius 1 is 1.44 bits per heavy atom. The molecule has 0 N–H and O–H groups in total. The number of ether oxygens (including phenoxy) is 1. The lowest BCUT2D eigenvalue weighted by atomic mass is 10.1. The molecule has 1 aromatic rings. The molecular formula is C11H14ClNO3. The standard InChI is InChI=1S/C11H14ClNO3/c1-8-6-9(2)11(16-5-3-4-12)10(7-8)13(14)15/h6-7H,3-5H2,1-2H3. The van der Waals surface area contributed by atoms with Crippen molar-refractivity contribution in [2.45, 2.75) is 20.3 Å². The second kappa shape index (κ2) is 5.70. The van der Waals surface area contributed by atoms with Crippen molar-refractivity contribution in [2.24, 2.45) is 0 Å². The number of nitro groups is 1. The molecule has 0 aliphatic heterocycles. The first-order valence-corrected chi connectivity index (χ1v) is 5.54. The summed E-state index contributed by atoms with van der Waals surface area (Å²) in [7, 11) is 0. The maximum Gasteiger partial charge on any atom is 0.311 e. The van der Waals surface area contributed by atoms with Crippen molar-refractivity contribution < 1.29 is 9.66 Å². The Morgan fingerprint density at radius 2 is 2.12 bits per heavy atom. The highest BCUT2D eigenvalue weighted by molar-refractivity contribution is 6.17. The van der Waals surface area contributed by atoms with E-state index in [0.29, 0.717) is 24.7 Å². The smallest absolute Gasteiger partial charge is 0.311 e. The van der Waals surface area contributed by atoms with Crippen LogP contribution < -0.4 is 4.74 Å². The van der Waals surface area contributed by atoms with Crippen LogP contribution in [0, 0.1) is 24.0 Å². The van der Waals surface area contributed by atoms with Crippen LogP contribution in [0.4, 0.5) is 5.69 Å². The molecular weight excluding hydrogens is 230 g/mol. The van der Waals surface area contributed by atoms with Gasteiger partial charge in [-0.1, -0.05) is 6.07 Å². The molecule has 0 aromatic heterocycles. The first-order valence-electron chi connectivity index (χ1n) is 5.00. The van der Waals surface area contributed by atoms with Crippen LogP contribution in [0.3, 0.4) is 0 Å². The Bertz CT molecular complexity index is 393. The summed E-state index contributed by atoms with van der Waals surface area (Å²) in [6, 6.07) is 3.38. The van der Waals surface area contributed by atoms with E-state index in [0.717, 1.165) is 11.1 Å². The number of hydrogen-bond donors (Lipinski definition) is 0. The SMILES string of the molecule is Cc1cc(C)c(OCCCCl)c([N+](=O)[O-])c1. The van der Waals surface area contributed by atoms with E-state index in [1.165, 1.54) is 6.07 Å². The predicted octanol–water partition coefficient (Wildman–Crippen LogP) is 3.22. The molecule has 16 heavy (non-hydrogen) atoms. The Balaban J connectivity index is 2.99. The Labute approximate surface area is 99.3 Å². The number of benzene rings is 1. The summed E-state index contributed by atoms with van der Waals surface area (Å²) in [5.41, 5.74) is 1.65. The molecule has 0 fully saturated rings. The van der Waals surface area contributed by atoms with Gasteiger partial charge in [-0.05, 0) is 31.4 Å². The van der Waals surface area contributed by atoms with Crippen molar-refractivity contribution in [3.05, 3.63) is 33.4 Å². The molecule has 5 heteroatoms. The van der Waals surface area contributed by atoms with E-state index in [4.69, 9.17) is 16.3 Å². The van der Waals surface area contributed by atoms with Crippen LogP contribution in [0.2, 0.25) is 0 Å². The van der Waals surface area contributed by atoms with Gasteiger partial charge < -0.3 is 4.74 Å². The molecule has 0 unspecified atom stereocenters. The summed E-state index contributed by atoms with van der Waals surface area (Å²) in [6.45, 7) is 4.02. The molecule has 88 valence electrons. The van der Waals surface area contributed by atoms with Gasteiger partial charge >= 0.3 is 5.69 Å². The zero-order valence-electron chi connectivity index (χ0n) is 9.33. The van der Waals surface area contributed by atoms with Crippen LogP contribution in [0.1, 0.15) is 17.5 Å².